The Labute approximate surface area is 142 Å². The third-order valence-corrected chi connectivity index (χ3v) is 3.62. The van der Waals surface area contributed by atoms with E-state index in [0.717, 1.165) is 0 Å². The predicted molar refractivity (Wildman–Crippen MR) is 92.1 cm³/mol. The van der Waals surface area contributed by atoms with Crippen molar-refractivity contribution in [3.05, 3.63) is 28.8 Å². The Morgan fingerprint density at radius 3 is 2.52 bits per heavy atom. The van der Waals surface area contributed by atoms with Gasteiger partial charge in [0, 0.05) is 32.4 Å². The molecule has 23 heavy (non-hydrogen) atoms. The summed E-state index contributed by atoms with van der Waals surface area (Å²) >= 11 is 6.18. The molecule has 0 unspecified atom stereocenters. The molecule has 0 aliphatic rings. The Balaban J connectivity index is 2.65. The monoisotopic (exact) mass is 341 g/mol. The number of hydrogen-bond donors (Lipinski definition) is 2. The number of carbonyl (C=O) groups excluding carboxylic acids is 2. The van der Waals surface area contributed by atoms with Crippen molar-refractivity contribution in [1.29, 1.82) is 0 Å². The van der Waals surface area contributed by atoms with E-state index in [1.54, 1.807) is 30.2 Å². The van der Waals surface area contributed by atoms with Crippen LogP contribution in [0.1, 0.15) is 24.2 Å². The van der Waals surface area contributed by atoms with E-state index in [2.05, 4.69) is 10.6 Å². The van der Waals surface area contributed by atoms with Gasteiger partial charge in [0.2, 0.25) is 5.91 Å². The summed E-state index contributed by atoms with van der Waals surface area (Å²) in [6.45, 7) is 6.40. The van der Waals surface area contributed by atoms with E-state index in [9.17, 15) is 9.59 Å². The van der Waals surface area contributed by atoms with Gasteiger partial charge in [-0.25, -0.2) is 0 Å². The number of ether oxygens (including phenoxy) is 1. The molecule has 0 radical (unpaired) electrons. The Kier molecular flexibility index (Phi) is 8.61. The predicted octanol–water partition coefficient (Wildman–Crippen LogP) is 2.00. The molecule has 0 saturated heterocycles. The van der Waals surface area contributed by atoms with E-state index in [1.165, 1.54) is 0 Å². The van der Waals surface area contributed by atoms with Gasteiger partial charge in [-0.05, 0) is 32.0 Å². The molecule has 0 spiro atoms. The Hall–Kier alpha value is -1.63. The number of hydrogen-bond acceptors (Lipinski definition) is 4. The zero-order chi connectivity index (χ0) is 17.2. The maximum absolute atomic E-state index is 12.3. The normalized spacial score (nSPS) is 10.4. The summed E-state index contributed by atoms with van der Waals surface area (Å²) in [5.74, 6) is -0.293. The van der Waals surface area contributed by atoms with E-state index in [4.69, 9.17) is 16.3 Å². The first kappa shape index (κ1) is 19.4. The average Bonchev–Trinajstić information content (AvgIpc) is 2.52. The van der Waals surface area contributed by atoms with Crippen LogP contribution in [-0.4, -0.2) is 56.6 Å². The van der Waals surface area contributed by atoms with E-state index in [0.29, 0.717) is 42.5 Å². The molecule has 0 saturated carbocycles. The number of benzene rings is 1. The smallest absolute Gasteiger partial charge is 0.255 e. The van der Waals surface area contributed by atoms with Crippen LogP contribution in [0.2, 0.25) is 5.02 Å². The first-order valence-electron chi connectivity index (χ1n) is 7.61. The second-order valence-electron chi connectivity index (χ2n) is 4.89. The van der Waals surface area contributed by atoms with Crippen LogP contribution in [0, 0.1) is 0 Å². The standard InChI is InChI=1S/C16H24ClN3O3/c1-4-20(5-2)16(22)13-7-6-12(10-14(13)17)19-15(21)11-18-8-9-23-3/h6-7,10,18H,4-5,8-9,11H2,1-3H3,(H,19,21). The molecule has 1 aromatic carbocycles. The van der Waals surface area contributed by atoms with Crippen molar-refractivity contribution in [3.8, 4) is 0 Å². The molecule has 0 aliphatic carbocycles. The maximum Gasteiger partial charge on any atom is 0.255 e. The van der Waals surface area contributed by atoms with Gasteiger partial charge in [-0.3, -0.25) is 9.59 Å². The number of anilines is 1. The minimum atomic E-state index is -0.181. The third-order valence-electron chi connectivity index (χ3n) is 3.30. The van der Waals surface area contributed by atoms with Gasteiger partial charge in [0.25, 0.3) is 5.91 Å². The average molecular weight is 342 g/mol. The van der Waals surface area contributed by atoms with Crippen LogP contribution in [0.5, 0.6) is 0 Å². The van der Waals surface area contributed by atoms with Gasteiger partial charge in [-0.2, -0.15) is 0 Å². The Morgan fingerprint density at radius 2 is 1.96 bits per heavy atom. The maximum atomic E-state index is 12.3. The molecule has 0 atom stereocenters. The van der Waals surface area contributed by atoms with Crippen LogP contribution in [0.25, 0.3) is 0 Å². The highest BCUT2D eigenvalue weighted by atomic mass is 35.5. The Bertz CT molecular complexity index is 533. The molecule has 0 aliphatic heterocycles. The van der Waals surface area contributed by atoms with Crippen LogP contribution in [0.4, 0.5) is 5.69 Å². The molecule has 128 valence electrons. The topological polar surface area (TPSA) is 70.7 Å². The Morgan fingerprint density at radius 1 is 1.26 bits per heavy atom. The van der Waals surface area contributed by atoms with Crippen molar-refractivity contribution in [1.82, 2.24) is 10.2 Å². The fraction of sp³-hybridized carbons (Fsp3) is 0.500. The molecule has 7 heteroatoms. The SMILES string of the molecule is CCN(CC)C(=O)c1ccc(NC(=O)CNCCOC)cc1Cl. The molecule has 0 bridgehead atoms. The van der Waals surface area contributed by atoms with Crippen molar-refractivity contribution >= 4 is 29.1 Å². The molecule has 1 rings (SSSR count). The minimum absolute atomic E-state index is 0.112. The lowest BCUT2D eigenvalue weighted by Gasteiger charge is -2.19. The van der Waals surface area contributed by atoms with Gasteiger partial charge in [0.15, 0.2) is 0 Å². The van der Waals surface area contributed by atoms with Crippen molar-refractivity contribution in [2.75, 3.05) is 45.2 Å². The summed E-state index contributed by atoms with van der Waals surface area (Å²) in [4.78, 5) is 25.8. The van der Waals surface area contributed by atoms with E-state index in [1.807, 2.05) is 13.8 Å². The summed E-state index contributed by atoms with van der Waals surface area (Å²) in [6, 6.07) is 4.90. The number of nitrogens with one attached hydrogen (secondary N) is 2. The highest BCUT2D eigenvalue weighted by Gasteiger charge is 2.16. The van der Waals surface area contributed by atoms with E-state index < -0.39 is 0 Å². The highest BCUT2D eigenvalue weighted by Crippen LogP contribution is 2.22. The zero-order valence-electron chi connectivity index (χ0n) is 13.8. The van der Waals surface area contributed by atoms with Crippen molar-refractivity contribution in [2.45, 2.75) is 13.8 Å². The molecule has 0 aromatic heterocycles. The van der Waals surface area contributed by atoms with Gasteiger partial charge in [0.05, 0.1) is 23.7 Å². The first-order valence-corrected chi connectivity index (χ1v) is 7.99. The lowest BCUT2D eigenvalue weighted by Crippen LogP contribution is -2.31. The van der Waals surface area contributed by atoms with Crippen molar-refractivity contribution in [2.24, 2.45) is 0 Å². The molecule has 2 amide bonds. The molecule has 0 heterocycles. The fourth-order valence-electron chi connectivity index (χ4n) is 2.03. The van der Waals surface area contributed by atoms with Gasteiger partial charge in [-0.1, -0.05) is 11.6 Å². The first-order chi connectivity index (χ1) is 11.0. The summed E-state index contributed by atoms with van der Waals surface area (Å²) in [5, 5.41) is 6.01. The van der Waals surface area contributed by atoms with Crippen LogP contribution >= 0.6 is 11.6 Å². The van der Waals surface area contributed by atoms with Gasteiger partial charge < -0.3 is 20.3 Å². The van der Waals surface area contributed by atoms with E-state index >= 15 is 0 Å². The van der Waals surface area contributed by atoms with Gasteiger partial charge in [0.1, 0.15) is 0 Å². The minimum Gasteiger partial charge on any atom is -0.383 e. The van der Waals surface area contributed by atoms with Crippen LogP contribution in [0.3, 0.4) is 0 Å². The molecule has 1 aromatic rings. The van der Waals surface area contributed by atoms with Crippen LogP contribution in [-0.2, 0) is 9.53 Å². The molecular formula is C16H24ClN3O3. The number of carbonyl (C=O) groups is 2. The zero-order valence-corrected chi connectivity index (χ0v) is 14.6. The van der Waals surface area contributed by atoms with Crippen LogP contribution < -0.4 is 10.6 Å². The van der Waals surface area contributed by atoms with Crippen LogP contribution in [0.15, 0.2) is 18.2 Å². The van der Waals surface area contributed by atoms with E-state index in [-0.39, 0.29) is 18.4 Å². The summed E-state index contributed by atoms with van der Waals surface area (Å²) in [7, 11) is 1.60. The van der Waals surface area contributed by atoms with Gasteiger partial charge in [-0.15, -0.1) is 0 Å². The number of amides is 2. The number of rotatable bonds is 9. The second-order valence-corrected chi connectivity index (χ2v) is 5.30. The number of halogens is 1. The lowest BCUT2D eigenvalue weighted by molar-refractivity contribution is -0.115. The largest absolute Gasteiger partial charge is 0.383 e. The molecular weight excluding hydrogens is 318 g/mol. The number of methoxy groups -OCH3 is 1. The molecule has 2 N–H and O–H groups in total. The molecule has 0 fully saturated rings. The summed E-state index contributed by atoms with van der Waals surface area (Å²) in [6.07, 6.45) is 0. The van der Waals surface area contributed by atoms with Gasteiger partial charge >= 0.3 is 0 Å². The fourth-order valence-corrected chi connectivity index (χ4v) is 2.29. The lowest BCUT2D eigenvalue weighted by atomic mass is 10.1. The third kappa shape index (κ3) is 6.17. The summed E-state index contributed by atoms with van der Waals surface area (Å²) in [5.41, 5.74) is 0.997. The van der Waals surface area contributed by atoms with Crippen molar-refractivity contribution in [3.63, 3.8) is 0 Å². The van der Waals surface area contributed by atoms with Crippen molar-refractivity contribution < 1.29 is 14.3 Å². The molecule has 6 nitrogen and oxygen atoms in total. The summed E-state index contributed by atoms with van der Waals surface area (Å²) < 4.78 is 4.88. The quantitative estimate of drug-likeness (QED) is 0.674. The highest BCUT2D eigenvalue weighted by molar-refractivity contribution is 6.34. The second kappa shape index (κ2) is 10.2. The number of nitrogens with zero attached hydrogens (tertiary/aromatic N) is 1.